The zero-order valence-electron chi connectivity index (χ0n) is 12.4. The van der Waals surface area contributed by atoms with Gasteiger partial charge in [0.15, 0.2) is 5.95 Å². The highest BCUT2D eigenvalue weighted by molar-refractivity contribution is 5.91. The van der Waals surface area contributed by atoms with Crippen molar-refractivity contribution in [3.63, 3.8) is 0 Å². The van der Waals surface area contributed by atoms with E-state index >= 15 is 0 Å². The molecule has 0 amide bonds. The van der Waals surface area contributed by atoms with E-state index in [-0.39, 0.29) is 0 Å². The standard InChI is InChI=1S/C17H19N5/c18-17-20-14-9-13(12-5-4-6-19-11-12)16(10-15(14)21-17)22-7-2-1-3-8-22/h4-6,9-11H,1-3,7-8H2,(H3,18,20,21). The zero-order chi connectivity index (χ0) is 14.9. The van der Waals surface area contributed by atoms with E-state index in [9.17, 15) is 0 Å². The molecule has 5 nitrogen and oxygen atoms in total. The van der Waals surface area contributed by atoms with Crippen LogP contribution in [0.15, 0.2) is 36.7 Å². The van der Waals surface area contributed by atoms with Gasteiger partial charge in [-0.25, -0.2) is 4.98 Å². The Morgan fingerprint density at radius 3 is 2.77 bits per heavy atom. The molecule has 0 radical (unpaired) electrons. The molecule has 2 aromatic heterocycles. The van der Waals surface area contributed by atoms with E-state index in [0.717, 1.165) is 29.7 Å². The van der Waals surface area contributed by atoms with Crippen LogP contribution in [-0.2, 0) is 0 Å². The number of H-pyrrole nitrogens is 1. The number of fused-ring (bicyclic) bond motifs is 1. The number of nitrogens with zero attached hydrogens (tertiary/aromatic N) is 3. The number of aromatic nitrogens is 3. The molecule has 1 saturated heterocycles. The summed E-state index contributed by atoms with van der Waals surface area (Å²) in [4.78, 5) is 14.2. The van der Waals surface area contributed by atoms with Gasteiger partial charge in [0.05, 0.1) is 11.0 Å². The van der Waals surface area contributed by atoms with Crippen molar-refractivity contribution >= 4 is 22.7 Å². The molecule has 3 N–H and O–H groups in total. The minimum absolute atomic E-state index is 0.461. The van der Waals surface area contributed by atoms with Crippen LogP contribution in [0.5, 0.6) is 0 Å². The lowest BCUT2D eigenvalue weighted by Gasteiger charge is -2.30. The number of hydrogen-bond acceptors (Lipinski definition) is 4. The van der Waals surface area contributed by atoms with Gasteiger partial charge in [-0.05, 0) is 37.5 Å². The number of hydrogen-bond donors (Lipinski definition) is 2. The highest BCUT2D eigenvalue weighted by Crippen LogP contribution is 2.35. The van der Waals surface area contributed by atoms with Crippen molar-refractivity contribution < 1.29 is 0 Å². The molecular weight excluding hydrogens is 274 g/mol. The van der Waals surface area contributed by atoms with E-state index in [1.807, 2.05) is 12.3 Å². The van der Waals surface area contributed by atoms with Crippen LogP contribution < -0.4 is 10.6 Å². The SMILES string of the molecule is Nc1nc2cc(N3CCCCC3)c(-c3cccnc3)cc2[nH]1. The molecular formula is C17H19N5. The van der Waals surface area contributed by atoms with E-state index in [0.29, 0.717) is 5.95 Å². The summed E-state index contributed by atoms with van der Waals surface area (Å²) < 4.78 is 0. The number of rotatable bonds is 2. The van der Waals surface area contributed by atoms with E-state index < -0.39 is 0 Å². The van der Waals surface area contributed by atoms with Crippen molar-refractivity contribution in [2.24, 2.45) is 0 Å². The highest BCUT2D eigenvalue weighted by atomic mass is 15.1. The normalized spacial score (nSPS) is 15.4. The highest BCUT2D eigenvalue weighted by Gasteiger charge is 2.17. The number of pyridine rings is 1. The first-order valence-electron chi connectivity index (χ1n) is 7.76. The van der Waals surface area contributed by atoms with Gasteiger partial charge in [0.2, 0.25) is 0 Å². The fourth-order valence-electron chi connectivity index (χ4n) is 3.22. The predicted molar refractivity (Wildman–Crippen MR) is 89.8 cm³/mol. The molecule has 1 aromatic carbocycles. The minimum atomic E-state index is 0.461. The van der Waals surface area contributed by atoms with Gasteiger partial charge in [-0.15, -0.1) is 0 Å². The molecule has 112 valence electrons. The lowest BCUT2D eigenvalue weighted by Crippen LogP contribution is -2.29. The smallest absolute Gasteiger partial charge is 0.198 e. The van der Waals surface area contributed by atoms with E-state index in [4.69, 9.17) is 5.73 Å². The number of nitrogens with two attached hydrogens (primary N) is 1. The molecule has 1 fully saturated rings. The van der Waals surface area contributed by atoms with E-state index in [2.05, 4.69) is 38.1 Å². The van der Waals surface area contributed by atoms with Crippen LogP contribution in [0.1, 0.15) is 19.3 Å². The topological polar surface area (TPSA) is 70.8 Å². The molecule has 0 aliphatic carbocycles. The first-order chi connectivity index (χ1) is 10.8. The maximum atomic E-state index is 5.82. The van der Waals surface area contributed by atoms with Crippen LogP contribution in [0.3, 0.4) is 0 Å². The van der Waals surface area contributed by atoms with Gasteiger partial charge in [0.1, 0.15) is 0 Å². The quantitative estimate of drug-likeness (QED) is 0.761. The van der Waals surface area contributed by atoms with E-state index in [1.54, 1.807) is 6.20 Å². The van der Waals surface area contributed by atoms with Crippen molar-refractivity contribution in [2.75, 3.05) is 23.7 Å². The second-order valence-electron chi connectivity index (χ2n) is 5.80. The second-order valence-corrected chi connectivity index (χ2v) is 5.80. The molecule has 1 aliphatic rings. The summed E-state index contributed by atoms with van der Waals surface area (Å²) in [6.45, 7) is 2.19. The zero-order valence-corrected chi connectivity index (χ0v) is 12.4. The summed E-state index contributed by atoms with van der Waals surface area (Å²) >= 11 is 0. The van der Waals surface area contributed by atoms with Crippen molar-refractivity contribution in [2.45, 2.75) is 19.3 Å². The molecule has 0 atom stereocenters. The van der Waals surface area contributed by atoms with Gasteiger partial charge >= 0.3 is 0 Å². The summed E-state index contributed by atoms with van der Waals surface area (Å²) in [6, 6.07) is 8.36. The summed E-state index contributed by atoms with van der Waals surface area (Å²) in [6.07, 6.45) is 7.52. The van der Waals surface area contributed by atoms with E-state index in [1.165, 1.54) is 30.5 Å². The lowest BCUT2D eigenvalue weighted by molar-refractivity contribution is 0.578. The Morgan fingerprint density at radius 2 is 2.00 bits per heavy atom. The summed E-state index contributed by atoms with van der Waals surface area (Å²) in [7, 11) is 0. The van der Waals surface area contributed by atoms with Crippen molar-refractivity contribution in [3.05, 3.63) is 36.7 Å². The Balaban J connectivity index is 1.90. The van der Waals surface area contributed by atoms with Crippen molar-refractivity contribution in [3.8, 4) is 11.1 Å². The largest absolute Gasteiger partial charge is 0.371 e. The Morgan fingerprint density at radius 1 is 1.14 bits per heavy atom. The molecule has 3 heterocycles. The molecule has 22 heavy (non-hydrogen) atoms. The molecule has 0 spiro atoms. The monoisotopic (exact) mass is 293 g/mol. The number of aromatic amines is 1. The molecule has 1 aliphatic heterocycles. The number of imidazole rings is 1. The first kappa shape index (κ1) is 13.1. The third-order valence-corrected chi connectivity index (χ3v) is 4.29. The van der Waals surface area contributed by atoms with Crippen molar-refractivity contribution in [1.29, 1.82) is 0 Å². The average Bonchev–Trinajstić information content (AvgIpc) is 2.94. The maximum absolute atomic E-state index is 5.82. The summed E-state index contributed by atoms with van der Waals surface area (Å²) in [5, 5.41) is 0. The molecule has 0 bridgehead atoms. The van der Waals surface area contributed by atoms with Gasteiger partial charge in [-0.1, -0.05) is 6.07 Å². The van der Waals surface area contributed by atoms with Crippen LogP contribution >= 0.6 is 0 Å². The molecule has 0 unspecified atom stereocenters. The summed E-state index contributed by atoms with van der Waals surface area (Å²) in [5.74, 6) is 0.461. The number of piperidine rings is 1. The Hall–Kier alpha value is -2.56. The third kappa shape index (κ3) is 2.28. The number of nitrogens with one attached hydrogen (secondary N) is 1. The van der Waals surface area contributed by atoms with Crippen LogP contribution in [0.4, 0.5) is 11.6 Å². The van der Waals surface area contributed by atoms with Crippen LogP contribution in [-0.4, -0.2) is 28.0 Å². The Labute approximate surface area is 129 Å². The van der Waals surface area contributed by atoms with Gasteiger partial charge in [-0.2, -0.15) is 0 Å². The molecule has 5 heteroatoms. The van der Waals surface area contributed by atoms with Gasteiger partial charge < -0.3 is 15.6 Å². The maximum Gasteiger partial charge on any atom is 0.198 e. The molecule has 4 rings (SSSR count). The summed E-state index contributed by atoms with van der Waals surface area (Å²) in [5.41, 5.74) is 11.2. The average molecular weight is 293 g/mol. The Bertz CT molecular complexity index is 787. The Kier molecular flexibility index (Phi) is 3.18. The number of nitrogen functional groups attached to an aromatic ring is 1. The lowest BCUT2D eigenvalue weighted by atomic mass is 10.0. The molecule has 0 saturated carbocycles. The fraction of sp³-hybridized carbons (Fsp3) is 0.294. The third-order valence-electron chi connectivity index (χ3n) is 4.29. The van der Waals surface area contributed by atoms with Crippen LogP contribution in [0.2, 0.25) is 0 Å². The fourth-order valence-corrected chi connectivity index (χ4v) is 3.22. The van der Waals surface area contributed by atoms with Crippen molar-refractivity contribution in [1.82, 2.24) is 15.0 Å². The first-order valence-corrected chi connectivity index (χ1v) is 7.76. The van der Waals surface area contributed by atoms with Gasteiger partial charge in [0.25, 0.3) is 0 Å². The minimum Gasteiger partial charge on any atom is -0.371 e. The van der Waals surface area contributed by atoms with Gasteiger partial charge in [0, 0.05) is 42.3 Å². The second kappa shape index (κ2) is 5.33. The number of anilines is 2. The molecule has 3 aromatic rings. The predicted octanol–water partition coefficient (Wildman–Crippen LogP) is 3.20. The number of benzene rings is 1. The van der Waals surface area contributed by atoms with Crippen LogP contribution in [0, 0.1) is 0 Å². The van der Waals surface area contributed by atoms with Gasteiger partial charge in [-0.3, -0.25) is 4.98 Å². The van der Waals surface area contributed by atoms with Crippen LogP contribution in [0.25, 0.3) is 22.2 Å².